The molecular formula is C24H31N5O4. The number of nitrogens with one attached hydrogen (secondary N) is 1. The third-order valence-electron chi connectivity index (χ3n) is 6.32. The number of anilines is 1. The highest BCUT2D eigenvalue weighted by molar-refractivity contribution is 5.94. The summed E-state index contributed by atoms with van der Waals surface area (Å²) in [4.78, 5) is 43.5. The number of hydrogen-bond acceptors (Lipinski definition) is 5. The average molecular weight is 454 g/mol. The van der Waals surface area contributed by atoms with Gasteiger partial charge in [-0.25, -0.2) is 4.79 Å². The molecule has 0 saturated carbocycles. The highest BCUT2D eigenvalue weighted by Gasteiger charge is 2.36. The summed E-state index contributed by atoms with van der Waals surface area (Å²) >= 11 is 0. The third kappa shape index (κ3) is 4.32. The summed E-state index contributed by atoms with van der Waals surface area (Å²) in [7, 11) is 3.25. The summed E-state index contributed by atoms with van der Waals surface area (Å²) in [6.45, 7) is 6.99. The second kappa shape index (κ2) is 8.90. The lowest BCUT2D eigenvalue weighted by atomic mass is 10.0. The third-order valence-corrected chi connectivity index (χ3v) is 6.32. The molecule has 3 heterocycles. The first-order chi connectivity index (χ1) is 15.7. The largest absolute Gasteiger partial charge is 0.359 e. The van der Waals surface area contributed by atoms with E-state index in [0.717, 1.165) is 16.8 Å². The Morgan fingerprint density at radius 1 is 1.15 bits per heavy atom. The van der Waals surface area contributed by atoms with E-state index in [1.165, 1.54) is 12.7 Å². The summed E-state index contributed by atoms with van der Waals surface area (Å²) < 4.78 is 7.22. The number of urea groups is 1. The van der Waals surface area contributed by atoms with Crippen LogP contribution in [0.4, 0.5) is 10.5 Å². The van der Waals surface area contributed by atoms with Crippen molar-refractivity contribution in [3.63, 3.8) is 0 Å². The van der Waals surface area contributed by atoms with Crippen molar-refractivity contribution < 1.29 is 19.1 Å². The molecule has 2 aliphatic rings. The number of amides is 3. The first-order valence-corrected chi connectivity index (χ1v) is 11.0. The van der Waals surface area contributed by atoms with E-state index in [0.29, 0.717) is 19.0 Å². The summed E-state index contributed by atoms with van der Waals surface area (Å²) in [5.41, 5.74) is 5.05. The number of ether oxygens (including phenoxy) is 1. The Kier molecular flexibility index (Phi) is 6.16. The van der Waals surface area contributed by atoms with Crippen LogP contribution in [0.1, 0.15) is 39.6 Å². The number of carbonyl (C=O) groups excluding carboxylic acids is 3. The monoisotopic (exact) mass is 453 g/mol. The number of carbonyl (C=O) groups is 3. The molecular weight excluding hydrogens is 422 g/mol. The molecule has 0 radical (unpaired) electrons. The van der Waals surface area contributed by atoms with Gasteiger partial charge in [-0.15, -0.1) is 0 Å². The summed E-state index contributed by atoms with van der Waals surface area (Å²) in [5, 5.41) is 2.80. The number of aromatic nitrogens is 1. The fourth-order valence-electron chi connectivity index (χ4n) is 5.05. The van der Waals surface area contributed by atoms with E-state index in [-0.39, 0.29) is 36.7 Å². The lowest BCUT2D eigenvalue weighted by molar-refractivity contribution is -0.122. The van der Waals surface area contributed by atoms with Gasteiger partial charge in [-0.3, -0.25) is 14.5 Å². The van der Waals surface area contributed by atoms with Crippen molar-refractivity contribution in [2.45, 2.75) is 39.5 Å². The maximum absolute atomic E-state index is 13.1. The molecule has 176 valence electrons. The molecule has 1 fully saturated rings. The van der Waals surface area contributed by atoms with Crippen molar-refractivity contribution >= 4 is 23.4 Å². The molecule has 1 aromatic heterocycles. The van der Waals surface area contributed by atoms with Crippen LogP contribution >= 0.6 is 0 Å². The van der Waals surface area contributed by atoms with E-state index in [1.54, 1.807) is 39.7 Å². The molecule has 1 N–H and O–H groups in total. The van der Waals surface area contributed by atoms with E-state index >= 15 is 0 Å². The van der Waals surface area contributed by atoms with Crippen LogP contribution in [0.25, 0.3) is 0 Å². The molecule has 1 saturated heterocycles. The van der Waals surface area contributed by atoms with Crippen LogP contribution in [0.5, 0.6) is 0 Å². The molecule has 2 atom stereocenters. The van der Waals surface area contributed by atoms with E-state index in [4.69, 9.17) is 4.74 Å². The van der Waals surface area contributed by atoms with E-state index in [2.05, 4.69) is 43.1 Å². The SMILES string of the molecule is CO[C@H]1NC(=O)c2cccn2[C@@H]1CC(=O)CN1CN(c2c(C)cc(C)cc2C)CN(C)C1=O. The van der Waals surface area contributed by atoms with E-state index in [1.807, 2.05) is 0 Å². The summed E-state index contributed by atoms with van der Waals surface area (Å²) in [5.74, 6) is -0.332. The molecule has 1 aromatic carbocycles. The molecule has 9 heteroatoms. The average Bonchev–Trinajstić information content (AvgIpc) is 3.23. The predicted molar refractivity (Wildman–Crippen MR) is 124 cm³/mol. The van der Waals surface area contributed by atoms with Gasteiger partial charge in [0.25, 0.3) is 5.91 Å². The predicted octanol–water partition coefficient (Wildman–Crippen LogP) is 2.42. The fourth-order valence-corrected chi connectivity index (χ4v) is 5.05. The molecule has 0 unspecified atom stereocenters. The van der Waals surface area contributed by atoms with Crippen LogP contribution < -0.4 is 10.2 Å². The smallest absolute Gasteiger partial charge is 0.322 e. The van der Waals surface area contributed by atoms with Gasteiger partial charge in [0.05, 0.1) is 25.9 Å². The summed E-state index contributed by atoms with van der Waals surface area (Å²) in [6.07, 6.45) is 1.30. The second-order valence-electron chi connectivity index (χ2n) is 8.99. The Bertz CT molecular complexity index is 1070. The highest BCUT2D eigenvalue weighted by atomic mass is 16.5. The quantitative estimate of drug-likeness (QED) is 0.726. The molecule has 4 rings (SSSR count). The number of nitrogens with zero attached hydrogens (tertiary/aromatic N) is 4. The van der Waals surface area contributed by atoms with Crippen LogP contribution in [-0.4, -0.2) is 72.4 Å². The molecule has 9 nitrogen and oxygen atoms in total. The normalized spacial score (nSPS) is 20.7. The van der Waals surface area contributed by atoms with Gasteiger partial charge >= 0.3 is 6.03 Å². The number of rotatable bonds is 6. The number of fused-ring (bicyclic) bond motifs is 1. The van der Waals surface area contributed by atoms with Gasteiger partial charge in [0.1, 0.15) is 5.69 Å². The van der Waals surface area contributed by atoms with Gasteiger partial charge in [-0.05, 0) is 44.0 Å². The molecule has 3 amide bonds. The van der Waals surface area contributed by atoms with E-state index in [9.17, 15) is 14.4 Å². The van der Waals surface area contributed by atoms with Gasteiger partial charge in [0.15, 0.2) is 12.0 Å². The minimum absolute atomic E-state index is 0.0128. The number of aryl methyl sites for hydroxylation is 3. The van der Waals surface area contributed by atoms with Crippen molar-refractivity contribution in [2.75, 3.05) is 38.9 Å². The van der Waals surface area contributed by atoms with Crippen LogP contribution in [0.15, 0.2) is 30.5 Å². The van der Waals surface area contributed by atoms with E-state index < -0.39 is 6.23 Å². The maximum atomic E-state index is 13.1. The zero-order chi connectivity index (χ0) is 23.9. The van der Waals surface area contributed by atoms with Crippen molar-refractivity contribution in [3.8, 4) is 0 Å². The Morgan fingerprint density at radius 2 is 1.85 bits per heavy atom. The number of hydrogen-bond donors (Lipinski definition) is 1. The van der Waals surface area contributed by atoms with Crippen molar-refractivity contribution in [3.05, 3.63) is 52.8 Å². The topological polar surface area (TPSA) is 87.1 Å². The lowest BCUT2D eigenvalue weighted by Gasteiger charge is -2.42. The first-order valence-electron chi connectivity index (χ1n) is 11.0. The number of methoxy groups -OCH3 is 1. The second-order valence-corrected chi connectivity index (χ2v) is 8.99. The molecule has 0 bridgehead atoms. The number of Topliss-reactive ketones (excluding diaryl/α,β-unsaturated/α-hetero) is 1. The first kappa shape index (κ1) is 22.8. The maximum Gasteiger partial charge on any atom is 0.322 e. The minimum Gasteiger partial charge on any atom is -0.359 e. The van der Waals surface area contributed by atoms with Gasteiger partial charge in [-0.1, -0.05) is 17.7 Å². The molecule has 0 aliphatic carbocycles. The Hall–Kier alpha value is -3.33. The number of benzene rings is 1. The molecule has 33 heavy (non-hydrogen) atoms. The fraction of sp³-hybridized carbons (Fsp3) is 0.458. The van der Waals surface area contributed by atoms with Gasteiger partial charge < -0.3 is 24.4 Å². The van der Waals surface area contributed by atoms with Gasteiger partial charge in [0, 0.05) is 32.5 Å². The molecule has 2 aromatic rings. The Balaban J connectivity index is 1.51. The van der Waals surface area contributed by atoms with Gasteiger partial charge in [-0.2, -0.15) is 0 Å². The standard InChI is InChI=1S/C24H31N5O4/c1-15-9-16(2)21(17(3)10-15)28-13-26(4)24(32)27(14-28)12-18(30)11-20-23(33-5)25-22(31)19-7-6-8-29(19)20/h6-10,20,23H,11-14H2,1-5H3,(H,25,31)/t20-,23-/m1/s1. The zero-order valence-electron chi connectivity index (χ0n) is 19.8. The minimum atomic E-state index is -0.615. The van der Waals surface area contributed by atoms with Crippen LogP contribution in [0, 0.1) is 20.8 Å². The Morgan fingerprint density at radius 3 is 2.52 bits per heavy atom. The van der Waals surface area contributed by atoms with Crippen LogP contribution in [-0.2, 0) is 9.53 Å². The zero-order valence-corrected chi connectivity index (χ0v) is 19.8. The van der Waals surface area contributed by atoms with Crippen molar-refractivity contribution in [1.82, 2.24) is 19.7 Å². The van der Waals surface area contributed by atoms with Crippen molar-refractivity contribution in [1.29, 1.82) is 0 Å². The molecule has 2 aliphatic heterocycles. The van der Waals surface area contributed by atoms with Gasteiger partial charge in [0.2, 0.25) is 0 Å². The molecule has 0 spiro atoms. The highest BCUT2D eigenvalue weighted by Crippen LogP contribution is 2.29. The van der Waals surface area contributed by atoms with Crippen molar-refractivity contribution in [2.24, 2.45) is 0 Å². The van der Waals surface area contributed by atoms with Crippen LogP contribution in [0.3, 0.4) is 0 Å². The van der Waals surface area contributed by atoms with Crippen LogP contribution in [0.2, 0.25) is 0 Å². The number of ketones is 1. The Labute approximate surface area is 193 Å². The lowest BCUT2D eigenvalue weighted by Crippen LogP contribution is -2.58. The summed E-state index contributed by atoms with van der Waals surface area (Å²) in [6, 6.07) is 7.20.